The fraction of sp³-hybridized carbons (Fsp3) is 0.400. The zero-order valence-corrected chi connectivity index (χ0v) is 11.4. The molecule has 2 rings (SSSR count). The zero-order chi connectivity index (χ0) is 13.5. The first kappa shape index (κ1) is 13.5. The van der Waals surface area contributed by atoms with E-state index in [1.807, 2.05) is 36.4 Å². The van der Waals surface area contributed by atoms with E-state index in [0.717, 1.165) is 18.4 Å². The Bertz CT molecular complexity index is 504. The van der Waals surface area contributed by atoms with E-state index in [1.165, 1.54) is 12.8 Å². The lowest BCUT2D eigenvalue weighted by Gasteiger charge is -2.09. The van der Waals surface area contributed by atoms with Crippen molar-refractivity contribution in [2.24, 2.45) is 0 Å². The molecule has 1 aromatic heterocycles. The van der Waals surface area contributed by atoms with Crippen LogP contribution in [0.3, 0.4) is 0 Å². The van der Waals surface area contributed by atoms with Crippen LogP contribution in [0.2, 0.25) is 0 Å². The van der Waals surface area contributed by atoms with Gasteiger partial charge < -0.3 is 0 Å². The number of hydrogen-bond donors (Lipinski definition) is 0. The molecule has 0 amide bonds. The average Bonchev–Trinajstić information content (AvgIpc) is 2.94. The third kappa shape index (κ3) is 3.50. The summed E-state index contributed by atoms with van der Waals surface area (Å²) < 4.78 is 0. The molecule has 0 radical (unpaired) electrons. The molecule has 0 bridgehead atoms. The maximum absolute atomic E-state index is 4.45. The quantitative estimate of drug-likeness (QED) is 0.561. The minimum absolute atomic E-state index is 0.136. The molecule has 4 nitrogen and oxygen atoms in total. The van der Waals surface area contributed by atoms with Crippen LogP contribution in [0.1, 0.15) is 38.6 Å². The van der Waals surface area contributed by atoms with Crippen molar-refractivity contribution < 1.29 is 0 Å². The summed E-state index contributed by atoms with van der Waals surface area (Å²) in [6, 6.07) is 10.0. The van der Waals surface area contributed by atoms with Gasteiger partial charge in [0.05, 0.1) is 6.04 Å². The molecule has 0 aliphatic heterocycles. The van der Waals surface area contributed by atoms with Crippen molar-refractivity contribution in [2.45, 2.75) is 38.6 Å². The van der Waals surface area contributed by atoms with Gasteiger partial charge in [-0.2, -0.15) is 4.80 Å². The topological polar surface area (TPSA) is 43.6 Å². The number of rotatable bonds is 7. The van der Waals surface area contributed by atoms with E-state index in [4.69, 9.17) is 0 Å². The van der Waals surface area contributed by atoms with Gasteiger partial charge in [0.1, 0.15) is 0 Å². The highest BCUT2D eigenvalue weighted by Crippen LogP contribution is 2.17. The van der Waals surface area contributed by atoms with E-state index in [1.54, 1.807) is 4.80 Å². The smallest absolute Gasteiger partial charge is 0.157 e. The van der Waals surface area contributed by atoms with Crippen LogP contribution in [-0.4, -0.2) is 20.2 Å². The minimum atomic E-state index is 0.136. The first-order valence-electron chi connectivity index (χ1n) is 6.82. The molecule has 0 unspecified atom stereocenters. The summed E-state index contributed by atoms with van der Waals surface area (Å²) in [5.74, 6) is 0.669. The molecule has 2 aromatic rings. The highest BCUT2D eigenvalue weighted by Gasteiger charge is 2.11. The Morgan fingerprint density at radius 2 is 2.05 bits per heavy atom. The lowest BCUT2D eigenvalue weighted by Crippen LogP contribution is -2.10. The predicted molar refractivity (Wildman–Crippen MR) is 76.6 cm³/mol. The third-order valence-electron chi connectivity index (χ3n) is 3.13. The second-order valence-corrected chi connectivity index (χ2v) is 4.60. The van der Waals surface area contributed by atoms with E-state index >= 15 is 0 Å². The Morgan fingerprint density at radius 1 is 1.26 bits per heavy atom. The summed E-state index contributed by atoms with van der Waals surface area (Å²) in [5, 5.41) is 12.7. The normalized spacial score (nSPS) is 12.3. The van der Waals surface area contributed by atoms with Crippen molar-refractivity contribution in [2.75, 3.05) is 0 Å². The second kappa shape index (κ2) is 6.83. The Hall–Kier alpha value is -1.97. The summed E-state index contributed by atoms with van der Waals surface area (Å²) in [6.07, 6.45) is 6.51. The highest BCUT2D eigenvalue weighted by atomic mass is 15.6. The van der Waals surface area contributed by atoms with Gasteiger partial charge >= 0.3 is 0 Å². The second-order valence-electron chi connectivity index (χ2n) is 4.60. The highest BCUT2D eigenvalue weighted by molar-refractivity contribution is 5.52. The van der Waals surface area contributed by atoms with Crippen molar-refractivity contribution in [3.8, 4) is 11.4 Å². The van der Waals surface area contributed by atoms with Crippen molar-refractivity contribution >= 4 is 0 Å². The van der Waals surface area contributed by atoms with Gasteiger partial charge in [-0.1, -0.05) is 62.6 Å². The monoisotopic (exact) mass is 256 g/mol. The number of unbranched alkanes of at least 4 members (excludes halogenated alkanes) is 2. The first-order chi connectivity index (χ1) is 9.35. The van der Waals surface area contributed by atoms with Gasteiger partial charge in [-0.15, -0.1) is 16.8 Å². The summed E-state index contributed by atoms with van der Waals surface area (Å²) >= 11 is 0. The van der Waals surface area contributed by atoms with Crippen LogP contribution in [0.5, 0.6) is 0 Å². The van der Waals surface area contributed by atoms with Crippen LogP contribution >= 0.6 is 0 Å². The average molecular weight is 256 g/mol. The molecule has 1 heterocycles. The molecule has 0 aliphatic rings. The molecule has 0 N–H and O–H groups in total. The molecular weight excluding hydrogens is 236 g/mol. The van der Waals surface area contributed by atoms with Gasteiger partial charge in [-0.25, -0.2) is 0 Å². The molecule has 1 aromatic carbocycles. The van der Waals surface area contributed by atoms with E-state index in [9.17, 15) is 0 Å². The summed E-state index contributed by atoms with van der Waals surface area (Å²) in [7, 11) is 0. The van der Waals surface area contributed by atoms with Crippen molar-refractivity contribution in [3.05, 3.63) is 43.0 Å². The number of benzene rings is 1. The first-order valence-corrected chi connectivity index (χ1v) is 6.82. The van der Waals surface area contributed by atoms with Crippen molar-refractivity contribution in [1.29, 1.82) is 0 Å². The summed E-state index contributed by atoms with van der Waals surface area (Å²) in [4.78, 5) is 1.67. The van der Waals surface area contributed by atoms with E-state index in [2.05, 4.69) is 28.9 Å². The third-order valence-corrected chi connectivity index (χ3v) is 3.13. The van der Waals surface area contributed by atoms with Crippen LogP contribution in [0.15, 0.2) is 43.0 Å². The molecule has 0 fully saturated rings. The van der Waals surface area contributed by atoms with Crippen LogP contribution in [-0.2, 0) is 0 Å². The lowest BCUT2D eigenvalue weighted by atomic mass is 10.1. The molecule has 19 heavy (non-hydrogen) atoms. The van der Waals surface area contributed by atoms with Gasteiger partial charge in [-0.05, 0) is 11.6 Å². The number of allylic oxidation sites excluding steroid dienone is 1. The molecule has 0 saturated carbocycles. The van der Waals surface area contributed by atoms with Crippen LogP contribution in [0, 0.1) is 0 Å². The Kier molecular flexibility index (Phi) is 4.84. The van der Waals surface area contributed by atoms with E-state index < -0.39 is 0 Å². The number of tetrazole rings is 1. The van der Waals surface area contributed by atoms with E-state index in [0.29, 0.717) is 5.82 Å². The van der Waals surface area contributed by atoms with Crippen molar-refractivity contribution in [3.63, 3.8) is 0 Å². The van der Waals surface area contributed by atoms with Crippen molar-refractivity contribution in [1.82, 2.24) is 20.2 Å². The Balaban J connectivity index is 2.09. The van der Waals surface area contributed by atoms with Gasteiger partial charge in [0, 0.05) is 5.56 Å². The van der Waals surface area contributed by atoms with Gasteiger partial charge in [0.15, 0.2) is 0 Å². The number of nitrogens with zero attached hydrogens (tertiary/aromatic N) is 4. The SMILES string of the molecule is C=C[C@@H](CCCCC)n1nnc(-c2ccccc2)n1. The minimum Gasteiger partial charge on any atom is -0.157 e. The molecule has 100 valence electrons. The Morgan fingerprint density at radius 3 is 2.74 bits per heavy atom. The maximum Gasteiger partial charge on any atom is 0.204 e. The van der Waals surface area contributed by atoms with Crippen LogP contribution in [0.4, 0.5) is 0 Å². The molecule has 0 aliphatic carbocycles. The fourth-order valence-corrected chi connectivity index (χ4v) is 2.00. The predicted octanol–water partition coefficient (Wildman–Crippen LogP) is 3.65. The number of hydrogen-bond acceptors (Lipinski definition) is 3. The molecule has 4 heteroatoms. The fourth-order valence-electron chi connectivity index (χ4n) is 2.00. The Labute approximate surface area is 114 Å². The van der Waals surface area contributed by atoms with Gasteiger partial charge in [-0.3, -0.25) is 0 Å². The molecule has 1 atom stereocenters. The van der Waals surface area contributed by atoms with Crippen LogP contribution < -0.4 is 0 Å². The molecule has 0 spiro atoms. The van der Waals surface area contributed by atoms with E-state index in [-0.39, 0.29) is 6.04 Å². The standard InChI is InChI=1S/C15H20N4/c1-3-5-7-12-14(4-2)19-17-15(16-18-19)13-10-8-6-9-11-13/h4,6,8-11,14H,2-3,5,7,12H2,1H3/t14-/m0/s1. The zero-order valence-electron chi connectivity index (χ0n) is 11.4. The summed E-state index contributed by atoms with van der Waals surface area (Å²) in [5.41, 5.74) is 0.991. The largest absolute Gasteiger partial charge is 0.204 e. The molecule has 0 saturated heterocycles. The van der Waals surface area contributed by atoms with Crippen LogP contribution in [0.25, 0.3) is 11.4 Å². The lowest BCUT2D eigenvalue weighted by molar-refractivity contribution is 0.423. The maximum atomic E-state index is 4.45. The van der Waals surface area contributed by atoms with Gasteiger partial charge in [0.25, 0.3) is 0 Å². The van der Waals surface area contributed by atoms with Gasteiger partial charge in [0.2, 0.25) is 5.82 Å². The molecular formula is C15H20N4. The summed E-state index contributed by atoms with van der Waals surface area (Å²) in [6.45, 7) is 6.07. The number of aromatic nitrogens is 4.